The number of rotatable bonds is 5. The fourth-order valence-electron chi connectivity index (χ4n) is 2.56. The predicted molar refractivity (Wildman–Crippen MR) is 83.5 cm³/mol. The van der Waals surface area contributed by atoms with Crippen LogP contribution in [-0.2, 0) is 16.0 Å². The van der Waals surface area contributed by atoms with Crippen LogP contribution in [0, 0.1) is 5.92 Å². The molecule has 2 N–H and O–H groups in total. The molecule has 1 aliphatic heterocycles. The average molecular weight is 323 g/mol. The summed E-state index contributed by atoms with van der Waals surface area (Å²) in [5, 5.41) is 3.89. The molecule has 2 rings (SSSR count). The molecule has 128 valence electrons. The zero-order chi connectivity index (χ0) is 17.0. The molecule has 23 heavy (non-hydrogen) atoms. The van der Waals surface area contributed by atoms with Gasteiger partial charge in [0.2, 0.25) is 17.7 Å². The Hall–Kier alpha value is -1.96. The number of hydrogen-bond acceptors (Lipinski definition) is 6. The fourth-order valence-corrected chi connectivity index (χ4v) is 2.56. The molecule has 1 unspecified atom stereocenters. The van der Waals surface area contributed by atoms with Crippen molar-refractivity contribution in [1.82, 2.24) is 19.9 Å². The van der Waals surface area contributed by atoms with Gasteiger partial charge in [-0.15, -0.1) is 0 Å². The van der Waals surface area contributed by atoms with Crippen LogP contribution in [0.15, 0.2) is 4.52 Å². The Bertz CT molecular complexity index is 557. The van der Waals surface area contributed by atoms with E-state index in [0.717, 1.165) is 6.54 Å². The zero-order valence-corrected chi connectivity index (χ0v) is 14.0. The van der Waals surface area contributed by atoms with Crippen molar-refractivity contribution in [2.45, 2.75) is 32.6 Å². The molecule has 2 heterocycles. The Labute approximate surface area is 136 Å². The lowest BCUT2D eigenvalue weighted by Gasteiger charge is -2.22. The first kappa shape index (κ1) is 17.4. The van der Waals surface area contributed by atoms with Gasteiger partial charge in [-0.3, -0.25) is 9.59 Å². The Morgan fingerprint density at radius 2 is 2.09 bits per heavy atom. The number of primary amides is 1. The minimum Gasteiger partial charge on any atom is -0.369 e. The van der Waals surface area contributed by atoms with Gasteiger partial charge in [0.1, 0.15) is 0 Å². The standard InChI is InChI=1S/C15H25N5O3/c1-10(2)15-17-12(23-18-15)4-5-13(21)20-7-6-19(3)8-11(9-20)14(16)22/h10-11H,4-9H2,1-3H3,(H2,16,22). The third-order valence-corrected chi connectivity index (χ3v) is 4.03. The molecule has 0 radical (unpaired) electrons. The Morgan fingerprint density at radius 1 is 1.35 bits per heavy atom. The van der Waals surface area contributed by atoms with Gasteiger partial charge in [-0.1, -0.05) is 19.0 Å². The van der Waals surface area contributed by atoms with Gasteiger partial charge in [0, 0.05) is 44.9 Å². The zero-order valence-electron chi connectivity index (χ0n) is 14.0. The van der Waals surface area contributed by atoms with E-state index in [2.05, 4.69) is 10.1 Å². The third kappa shape index (κ3) is 4.75. The van der Waals surface area contributed by atoms with Gasteiger partial charge in [-0.2, -0.15) is 4.98 Å². The molecule has 0 bridgehead atoms. The maximum absolute atomic E-state index is 12.4. The Balaban J connectivity index is 1.91. The number of hydrogen-bond donors (Lipinski definition) is 1. The number of aryl methyl sites for hydroxylation is 1. The van der Waals surface area contributed by atoms with Crippen LogP contribution in [0.1, 0.15) is 37.9 Å². The number of nitrogens with two attached hydrogens (primary N) is 1. The molecule has 1 aromatic rings. The molecule has 1 aromatic heterocycles. The summed E-state index contributed by atoms with van der Waals surface area (Å²) in [5.74, 6) is 0.604. The SMILES string of the molecule is CC(C)c1noc(CCC(=O)N2CCN(C)CC(C(N)=O)C2)n1. The van der Waals surface area contributed by atoms with Crippen LogP contribution in [-0.4, -0.2) is 65.0 Å². The van der Waals surface area contributed by atoms with E-state index < -0.39 is 0 Å². The van der Waals surface area contributed by atoms with E-state index in [0.29, 0.717) is 37.8 Å². The highest BCUT2D eigenvalue weighted by atomic mass is 16.5. The smallest absolute Gasteiger partial charge is 0.227 e. The molecule has 0 spiro atoms. The Morgan fingerprint density at radius 3 is 2.70 bits per heavy atom. The van der Waals surface area contributed by atoms with Crippen LogP contribution in [0.3, 0.4) is 0 Å². The molecular weight excluding hydrogens is 298 g/mol. The van der Waals surface area contributed by atoms with Crippen molar-refractivity contribution in [3.05, 3.63) is 11.7 Å². The molecule has 1 atom stereocenters. The molecule has 0 saturated carbocycles. The normalized spacial score (nSPS) is 19.8. The highest BCUT2D eigenvalue weighted by Gasteiger charge is 2.27. The van der Waals surface area contributed by atoms with Crippen molar-refractivity contribution < 1.29 is 14.1 Å². The lowest BCUT2D eigenvalue weighted by molar-refractivity contribution is -0.132. The maximum atomic E-state index is 12.4. The van der Waals surface area contributed by atoms with Gasteiger partial charge in [-0.25, -0.2) is 0 Å². The molecule has 1 fully saturated rings. The van der Waals surface area contributed by atoms with E-state index in [9.17, 15) is 9.59 Å². The number of likely N-dealkylation sites (N-methyl/N-ethyl adjacent to an activating group) is 1. The van der Waals surface area contributed by atoms with Crippen LogP contribution in [0.2, 0.25) is 0 Å². The Kier molecular flexibility index (Phi) is 5.70. The molecule has 0 aromatic carbocycles. The van der Waals surface area contributed by atoms with E-state index in [1.54, 1.807) is 4.90 Å². The third-order valence-electron chi connectivity index (χ3n) is 4.03. The summed E-state index contributed by atoms with van der Waals surface area (Å²) in [5.41, 5.74) is 5.42. The molecule has 1 aliphatic rings. The fraction of sp³-hybridized carbons (Fsp3) is 0.733. The summed E-state index contributed by atoms with van der Waals surface area (Å²) in [4.78, 5) is 31.9. The van der Waals surface area contributed by atoms with Gasteiger partial charge in [0.05, 0.1) is 5.92 Å². The second-order valence-electron chi connectivity index (χ2n) is 6.40. The lowest BCUT2D eigenvalue weighted by atomic mass is 10.1. The van der Waals surface area contributed by atoms with Gasteiger partial charge in [0.15, 0.2) is 5.82 Å². The van der Waals surface area contributed by atoms with Crippen molar-refractivity contribution in [2.24, 2.45) is 11.7 Å². The van der Waals surface area contributed by atoms with Gasteiger partial charge < -0.3 is 20.1 Å². The maximum Gasteiger partial charge on any atom is 0.227 e. The van der Waals surface area contributed by atoms with Gasteiger partial charge in [0.25, 0.3) is 0 Å². The van der Waals surface area contributed by atoms with Crippen LogP contribution in [0.4, 0.5) is 0 Å². The van der Waals surface area contributed by atoms with E-state index in [1.165, 1.54) is 0 Å². The molecule has 0 aliphatic carbocycles. The number of aromatic nitrogens is 2. The van der Waals surface area contributed by atoms with Crippen LogP contribution in [0.5, 0.6) is 0 Å². The minimum atomic E-state index is -0.366. The van der Waals surface area contributed by atoms with E-state index >= 15 is 0 Å². The highest BCUT2D eigenvalue weighted by molar-refractivity contribution is 5.80. The summed E-state index contributed by atoms with van der Waals surface area (Å²) in [6.45, 7) is 6.25. The predicted octanol–water partition coefficient (Wildman–Crippen LogP) is 0.00110. The van der Waals surface area contributed by atoms with Gasteiger partial charge >= 0.3 is 0 Å². The van der Waals surface area contributed by atoms with Crippen LogP contribution >= 0.6 is 0 Å². The van der Waals surface area contributed by atoms with Crippen molar-refractivity contribution in [3.63, 3.8) is 0 Å². The van der Waals surface area contributed by atoms with Crippen molar-refractivity contribution in [3.8, 4) is 0 Å². The van der Waals surface area contributed by atoms with Crippen LogP contribution < -0.4 is 5.73 Å². The number of carbonyl (C=O) groups is 2. The van der Waals surface area contributed by atoms with Crippen molar-refractivity contribution >= 4 is 11.8 Å². The minimum absolute atomic E-state index is 0.0177. The lowest BCUT2D eigenvalue weighted by Crippen LogP contribution is -2.40. The first-order valence-corrected chi connectivity index (χ1v) is 7.95. The average Bonchev–Trinajstić information content (AvgIpc) is 2.87. The van der Waals surface area contributed by atoms with E-state index in [1.807, 2.05) is 25.8 Å². The first-order chi connectivity index (χ1) is 10.9. The number of carbonyl (C=O) groups excluding carboxylic acids is 2. The van der Waals surface area contributed by atoms with Gasteiger partial charge in [-0.05, 0) is 7.05 Å². The second kappa shape index (κ2) is 7.54. The summed E-state index contributed by atoms with van der Waals surface area (Å²) in [6.07, 6.45) is 0.695. The quantitative estimate of drug-likeness (QED) is 0.817. The van der Waals surface area contributed by atoms with E-state index in [4.69, 9.17) is 10.3 Å². The summed E-state index contributed by atoms with van der Waals surface area (Å²) in [7, 11) is 1.93. The second-order valence-corrected chi connectivity index (χ2v) is 6.40. The van der Waals surface area contributed by atoms with Crippen molar-refractivity contribution in [1.29, 1.82) is 0 Å². The summed E-state index contributed by atoms with van der Waals surface area (Å²) >= 11 is 0. The molecule has 2 amide bonds. The monoisotopic (exact) mass is 323 g/mol. The molecule has 8 heteroatoms. The van der Waals surface area contributed by atoms with Crippen molar-refractivity contribution in [2.75, 3.05) is 33.2 Å². The largest absolute Gasteiger partial charge is 0.369 e. The summed E-state index contributed by atoms with van der Waals surface area (Å²) in [6, 6.07) is 0. The number of amides is 2. The van der Waals surface area contributed by atoms with Crippen LogP contribution in [0.25, 0.3) is 0 Å². The highest BCUT2D eigenvalue weighted by Crippen LogP contribution is 2.13. The topological polar surface area (TPSA) is 106 Å². The summed E-state index contributed by atoms with van der Waals surface area (Å²) < 4.78 is 5.15. The molecular formula is C15H25N5O3. The molecule has 8 nitrogen and oxygen atoms in total. The molecule has 1 saturated heterocycles. The first-order valence-electron chi connectivity index (χ1n) is 7.95. The number of nitrogens with zero attached hydrogens (tertiary/aromatic N) is 4. The van der Waals surface area contributed by atoms with E-state index in [-0.39, 0.29) is 30.1 Å².